The molecule has 9 heteroatoms. The Kier molecular flexibility index (Phi) is 7.51. The smallest absolute Gasteiger partial charge is 0.253 e. The Morgan fingerprint density at radius 2 is 2.03 bits per heavy atom. The predicted molar refractivity (Wildman–Crippen MR) is 106 cm³/mol. The number of nitrogens with two attached hydrogens (primary N) is 1. The van der Waals surface area contributed by atoms with Gasteiger partial charge in [0, 0.05) is 31.0 Å². The number of hydrogen-bond donors (Lipinski definition) is 2. The van der Waals surface area contributed by atoms with E-state index >= 15 is 0 Å². The number of amides is 2. The fraction of sp³-hybridized carbons (Fsp3) is 0.600. The molecule has 0 bridgehead atoms. The molecule has 0 radical (unpaired) electrons. The summed E-state index contributed by atoms with van der Waals surface area (Å²) in [6.07, 6.45) is 0.577. The van der Waals surface area contributed by atoms with E-state index in [1.165, 1.54) is 4.90 Å². The zero-order chi connectivity index (χ0) is 20.8. The normalized spacial score (nSPS) is 18.8. The lowest BCUT2D eigenvalue weighted by atomic mass is 9.85. The van der Waals surface area contributed by atoms with E-state index in [1.807, 2.05) is 0 Å². The fourth-order valence-corrected chi connectivity index (χ4v) is 3.68. The minimum atomic E-state index is -2.53. The molecule has 2 fully saturated rings. The first-order chi connectivity index (χ1) is 14.0. The van der Waals surface area contributed by atoms with Crippen LogP contribution in [0.4, 0.5) is 20.2 Å². The van der Waals surface area contributed by atoms with Gasteiger partial charge in [0.15, 0.2) is 0 Å². The summed E-state index contributed by atoms with van der Waals surface area (Å²) < 4.78 is 31.2. The summed E-state index contributed by atoms with van der Waals surface area (Å²) >= 11 is 0. The van der Waals surface area contributed by atoms with Crippen molar-refractivity contribution in [3.63, 3.8) is 0 Å². The zero-order valence-corrected chi connectivity index (χ0v) is 16.4. The molecule has 0 spiro atoms. The number of nitrogens with zero attached hydrogens (tertiary/aromatic N) is 2. The van der Waals surface area contributed by atoms with Crippen molar-refractivity contribution >= 4 is 23.2 Å². The second kappa shape index (κ2) is 10.1. The van der Waals surface area contributed by atoms with E-state index in [4.69, 9.17) is 10.5 Å². The Hall–Kier alpha value is -2.10. The van der Waals surface area contributed by atoms with Gasteiger partial charge in [0.2, 0.25) is 5.91 Å². The SMILES string of the molecule is NC[C@H](C(=O)Nc1ccc(N2CCOCC2=O)cc1)N(CC(F)F)CC1CCC1. The number of morpholine rings is 1. The van der Waals surface area contributed by atoms with Crippen LogP contribution >= 0.6 is 0 Å². The number of benzene rings is 1. The Labute approximate surface area is 169 Å². The highest BCUT2D eigenvalue weighted by Crippen LogP contribution is 2.28. The van der Waals surface area contributed by atoms with Crippen molar-refractivity contribution in [2.24, 2.45) is 11.7 Å². The van der Waals surface area contributed by atoms with E-state index in [0.717, 1.165) is 24.9 Å². The number of ether oxygens (including phenoxy) is 1. The van der Waals surface area contributed by atoms with Crippen molar-refractivity contribution < 1.29 is 23.1 Å². The average molecular weight is 410 g/mol. The highest BCUT2D eigenvalue weighted by molar-refractivity contribution is 5.97. The Morgan fingerprint density at radius 3 is 2.59 bits per heavy atom. The fourth-order valence-electron chi connectivity index (χ4n) is 3.68. The van der Waals surface area contributed by atoms with Crippen molar-refractivity contribution in [1.29, 1.82) is 0 Å². The molecule has 1 aromatic carbocycles. The van der Waals surface area contributed by atoms with Crippen LogP contribution in [0.5, 0.6) is 0 Å². The largest absolute Gasteiger partial charge is 0.370 e. The van der Waals surface area contributed by atoms with E-state index in [-0.39, 0.29) is 19.1 Å². The molecule has 1 aromatic rings. The third-order valence-corrected chi connectivity index (χ3v) is 5.49. The van der Waals surface area contributed by atoms with Crippen LogP contribution in [0.2, 0.25) is 0 Å². The summed E-state index contributed by atoms with van der Waals surface area (Å²) in [6.45, 7) is 0.956. The zero-order valence-electron chi connectivity index (χ0n) is 16.4. The van der Waals surface area contributed by atoms with Crippen LogP contribution in [0, 0.1) is 5.92 Å². The summed E-state index contributed by atoms with van der Waals surface area (Å²) in [6, 6.07) is 6.04. The molecule has 160 valence electrons. The topological polar surface area (TPSA) is 87.9 Å². The van der Waals surface area contributed by atoms with Gasteiger partial charge in [-0.2, -0.15) is 0 Å². The van der Waals surface area contributed by atoms with Crippen molar-refractivity contribution in [2.45, 2.75) is 31.7 Å². The lowest BCUT2D eigenvalue weighted by Crippen LogP contribution is -2.52. The van der Waals surface area contributed by atoms with Gasteiger partial charge in [0.25, 0.3) is 12.3 Å². The van der Waals surface area contributed by atoms with Gasteiger partial charge in [0.1, 0.15) is 12.6 Å². The summed E-state index contributed by atoms with van der Waals surface area (Å²) in [5.74, 6) is -0.168. The second-order valence-electron chi connectivity index (χ2n) is 7.53. The number of rotatable bonds is 9. The van der Waals surface area contributed by atoms with Crippen LogP contribution in [-0.4, -0.2) is 68.6 Å². The lowest BCUT2D eigenvalue weighted by Gasteiger charge is -2.36. The maximum atomic E-state index is 13.0. The van der Waals surface area contributed by atoms with Crippen LogP contribution in [0.25, 0.3) is 0 Å². The predicted octanol–water partition coefficient (Wildman–Crippen LogP) is 1.68. The van der Waals surface area contributed by atoms with Gasteiger partial charge in [-0.15, -0.1) is 0 Å². The van der Waals surface area contributed by atoms with Crippen molar-refractivity contribution in [3.8, 4) is 0 Å². The standard InChI is InChI=1S/C20H28F2N4O3/c21-18(22)12-25(11-14-2-1-3-14)17(10-23)20(28)24-15-4-6-16(7-5-15)26-8-9-29-13-19(26)27/h4-7,14,17-18H,1-3,8-13,23H2,(H,24,28)/t17-/m1/s1. The number of halogens is 2. The lowest BCUT2D eigenvalue weighted by molar-refractivity contribution is -0.125. The molecule has 1 heterocycles. The molecule has 3 N–H and O–H groups in total. The molecular formula is C20H28F2N4O3. The number of carbonyl (C=O) groups is 2. The molecule has 2 aliphatic rings. The van der Waals surface area contributed by atoms with Crippen LogP contribution < -0.4 is 16.0 Å². The number of hydrogen-bond acceptors (Lipinski definition) is 5. The molecule has 1 saturated heterocycles. The average Bonchev–Trinajstić information content (AvgIpc) is 2.66. The third kappa shape index (κ3) is 5.71. The van der Waals surface area contributed by atoms with Gasteiger partial charge in [-0.25, -0.2) is 8.78 Å². The van der Waals surface area contributed by atoms with Gasteiger partial charge >= 0.3 is 0 Å². The quantitative estimate of drug-likeness (QED) is 0.647. The molecule has 3 rings (SSSR count). The summed E-state index contributed by atoms with van der Waals surface area (Å²) in [5.41, 5.74) is 7.02. The summed E-state index contributed by atoms with van der Waals surface area (Å²) in [7, 11) is 0. The minimum Gasteiger partial charge on any atom is -0.370 e. The van der Waals surface area contributed by atoms with Gasteiger partial charge in [-0.05, 0) is 43.0 Å². The van der Waals surface area contributed by atoms with Crippen LogP contribution in [0.3, 0.4) is 0 Å². The molecule has 29 heavy (non-hydrogen) atoms. The first-order valence-electron chi connectivity index (χ1n) is 9.99. The molecular weight excluding hydrogens is 382 g/mol. The van der Waals surface area contributed by atoms with Crippen molar-refractivity contribution in [1.82, 2.24) is 4.90 Å². The minimum absolute atomic E-state index is 0.0361. The molecule has 0 unspecified atom stereocenters. The second-order valence-corrected chi connectivity index (χ2v) is 7.53. The van der Waals surface area contributed by atoms with E-state index in [9.17, 15) is 18.4 Å². The van der Waals surface area contributed by atoms with Crippen LogP contribution in [0.1, 0.15) is 19.3 Å². The molecule has 1 aliphatic carbocycles. The first-order valence-corrected chi connectivity index (χ1v) is 9.99. The summed E-state index contributed by atoms with van der Waals surface area (Å²) in [4.78, 5) is 27.8. The molecule has 1 saturated carbocycles. The maximum Gasteiger partial charge on any atom is 0.253 e. The van der Waals surface area contributed by atoms with E-state index in [1.54, 1.807) is 29.2 Å². The number of anilines is 2. The molecule has 1 atom stereocenters. The first kappa shape index (κ1) is 21.6. The number of alkyl halides is 2. The maximum absolute atomic E-state index is 13.0. The molecule has 1 aliphatic heterocycles. The van der Waals surface area contributed by atoms with E-state index < -0.39 is 24.9 Å². The highest BCUT2D eigenvalue weighted by atomic mass is 19.3. The molecule has 0 aromatic heterocycles. The Morgan fingerprint density at radius 1 is 1.31 bits per heavy atom. The molecule has 7 nitrogen and oxygen atoms in total. The summed E-state index contributed by atoms with van der Waals surface area (Å²) in [5, 5.41) is 2.76. The number of carbonyl (C=O) groups excluding carboxylic acids is 2. The van der Waals surface area contributed by atoms with E-state index in [0.29, 0.717) is 31.3 Å². The Bertz CT molecular complexity index is 697. The highest BCUT2D eigenvalue weighted by Gasteiger charge is 2.31. The van der Waals surface area contributed by atoms with Gasteiger partial charge in [0.05, 0.1) is 13.2 Å². The van der Waals surface area contributed by atoms with Crippen LogP contribution in [-0.2, 0) is 14.3 Å². The Balaban J connectivity index is 1.63. The van der Waals surface area contributed by atoms with E-state index in [2.05, 4.69) is 5.32 Å². The monoisotopic (exact) mass is 410 g/mol. The van der Waals surface area contributed by atoms with Gasteiger partial charge in [-0.1, -0.05) is 6.42 Å². The van der Waals surface area contributed by atoms with Crippen molar-refractivity contribution in [3.05, 3.63) is 24.3 Å². The number of nitrogens with one attached hydrogen (secondary N) is 1. The van der Waals surface area contributed by atoms with Crippen LogP contribution in [0.15, 0.2) is 24.3 Å². The van der Waals surface area contributed by atoms with Gasteiger partial charge < -0.3 is 20.7 Å². The molecule has 2 amide bonds. The third-order valence-electron chi connectivity index (χ3n) is 5.49. The van der Waals surface area contributed by atoms with Gasteiger partial charge in [-0.3, -0.25) is 14.5 Å². The van der Waals surface area contributed by atoms with Crippen molar-refractivity contribution in [2.75, 3.05) is 49.6 Å².